The number of aromatic nitrogens is 3. The quantitative estimate of drug-likeness (QED) is 0.756. The number of pyridine rings is 1. The van der Waals surface area contributed by atoms with Crippen LogP contribution in [0.3, 0.4) is 0 Å². The third kappa shape index (κ3) is 3.91. The lowest BCUT2D eigenvalue weighted by molar-refractivity contribution is 0.215. The summed E-state index contributed by atoms with van der Waals surface area (Å²) in [5, 5.41) is 7.47. The van der Waals surface area contributed by atoms with E-state index < -0.39 is 6.09 Å². The number of nitrogens with zero attached hydrogens (tertiary/aromatic N) is 3. The Hall–Kier alpha value is -3.15. The molecule has 0 aliphatic heterocycles. The topological polar surface area (TPSA) is 69.0 Å². The Morgan fingerprint density at radius 3 is 2.54 bits per heavy atom. The number of rotatable bonds is 3. The number of carbonyl (C=O) groups excluding carboxylic acids is 1. The van der Waals surface area contributed by atoms with Crippen LogP contribution in [-0.4, -0.2) is 20.9 Å². The third-order valence-electron chi connectivity index (χ3n) is 3.90. The molecule has 0 radical (unpaired) electrons. The molecule has 0 unspecified atom stereocenters. The number of aryl methyl sites for hydroxylation is 1. The molecule has 134 valence electrons. The summed E-state index contributed by atoms with van der Waals surface area (Å²) in [5.41, 5.74) is 2.50. The first-order chi connectivity index (χ1) is 12.3. The fourth-order valence-electron chi connectivity index (χ4n) is 2.42. The van der Waals surface area contributed by atoms with Gasteiger partial charge in [0.1, 0.15) is 11.6 Å². The zero-order valence-corrected chi connectivity index (χ0v) is 15.4. The van der Waals surface area contributed by atoms with Crippen LogP contribution in [0, 0.1) is 6.92 Å². The molecule has 0 bridgehead atoms. The van der Waals surface area contributed by atoms with Gasteiger partial charge >= 0.3 is 6.09 Å². The van der Waals surface area contributed by atoms with E-state index in [1.54, 1.807) is 29.2 Å². The summed E-state index contributed by atoms with van der Waals surface area (Å²) in [4.78, 5) is 16.5. The van der Waals surface area contributed by atoms with E-state index in [2.05, 4.69) is 36.2 Å². The van der Waals surface area contributed by atoms with E-state index in [-0.39, 0.29) is 5.41 Å². The van der Waals surface area contributed by atoms with E-state index >= 15 is 0 Å². The minimum Gasteiger partial charge on any atom is -0.410 e. The van der Waals surface area contributed by atoms with Gasteiger partial charge in [-0.25, -0.2) is 9.48 Å². The summed E-state index contributed by atoms with van der Waals surface area (Å²) in [6.45, 7) is 8.19. The summed E-state index contributed by atoms with van der Waals surface area (Å²) in [6.07, 6.45) is 2.88. The monoisotopic (exact) mass is 350 g/mol. The Kier molecular flexibility index (Phi) is 4.75. The second-order valence-corrected chi connectivity index (χ2v) is 7.07. The number of carbonyl (C=O) groups is 1. The summed E-state index contributed by atoms with van der Waals surface area (Å²) >= 11 is 0. The average molecular weight is 350 g/mol. The highest BCUT2D eigenvalue weighted by Crippen LogP contribution is 2.27. The Morgan fingerprint density at radius 2 is 1.88 bits per heavy atom. The van der Waals surface area contributed by atoms with Gasteiger partial charge in [0.05, 0.1) is 17.6 Å². The number of nitrogens with one attached hydrogen (secondary N) is 1. The van der Waals surface area contributed by atoms with Crippen molar-refractivity contribution in [2.24, 2.45) is 0 Å². The molecule has 1 N–H and O–H groups in total. The molecule has 2 aromatic heterocycles. The number of amides is 1. The van der Waals surface area contributed by atoms with Crippen LogP contribution >= 0.6 is 0 Å². The molecule has 0 spiro atoms. The van der Waals surface area contributed by atoms with Crippen molar-refractivity contribution in [1.29, 1.82) is 0 Å². The molecule has 0 aliphatic carbocycles. The van der Waals surface area contributed by atoms with Gasteiger partial charge in [-0.1, -0.05) is 39.0 Å². The van der Waals surface area contributed by atoms with Gasteiger partial charge in [-0.15, -0.1) is 0 Å². The summed E-state index contributed by atoms with van der Waals surface area (Å²) in [5.74, 6) is 1.01. The maximum Gasteiger partial charge on any atom is 0.418 e. The van der Waals surface area contributed by atoms with Crippen LogP contribution in [0.25, 0.3) is 5.69 Å². The lowest BCUT2D eigenvalue weighted by Gasteiger charge is -2.14. The van der Waals surface area contributed by atoms with Crippen LogP contribution in [0.4, 0.5) is 10.6 Å². The van der Waals surface area contributed by atoms with Crippen LogP contribution in [-0.2, 0) is 5.41 Å². The second-order valence-electron chi connectivity index (χ2n) is 7.07. The highest BCUT2D eigenvalue weighted by atomic mass is 16.6. The fraction of sp³-hybridized carbons (Fsp3) is 0.250. The fourth-order valence-corrected chi connectivity index (χ4v) is 2.42. The molecule has 0 saturated heterocycles. The predicted molar refractivity (Wildman–Crippen MR) is 101 cm³/mol. The number of hydrogen-bond acceptors (Lipinski definition) is 4. The molecule has 3 aromatic rings. The minimum absolute atomic E-state index is 0.166. The lowest BCUT2D eigenvalue weighted by Crippen LogP contribution is -2.19. The van der Waals surface area contributed by atoms with Crippen molar-refractivity contribution in [1.82, 2.24) is 14.8 Å². The number of anilines is 1. The van der Waals surface area contributed by atoms with Crippen LogP contribution in [0.1, 0.15) is 32.0 Å². The smallest absolute Gasteiger partial charge is 0.410 e. The van der Waals surface area contributed by atoms with Gasteiger partial charge in [0.25, 0.3) is 0 Å². The van der Waals surface area contributed by atoms with Crippen LogP contribution in [0.2, 0.25) is 0 Å². The number of hydrogen-bond donors (Lipinski definition) is 1. The first kappa shape index (κ1) is 17.7. The van der Waals surface area contributed by atoms with E-state index in [1.165, 1.54) is 0 Å². The zero-order chi connectivity index (χ0) is 18.7. The standard InChI is InChI=1S/C20H22N4O2/c1-14-10-11-21-13-16(14)24-18(12-17(23-24)20(2,3)4)22-19(25)26-15-8-6-5-7-9-15/h5-13H,1-4H3,(H,22,25). The van der Waals surface area contributed by atoms with Crippen molar-refractivity contribution in [2.75, 3.05) is 5.32 Å². The van der Waals surface area contributed by atoms with Gasteiger partial charge < -0.3 is 4.74 Å². The molecule has 1 amide bonds. The second kappa shape index (κ2) is 7.00. The van der Waals surface area contributed by atoms with Crippen LogP contribution < -0.4 is 10.1 Å². The Balaban J connectivity index is 1.94. The van der Waals surface area contributed by atoms with E-state index in [0.29, 0.717) is 11.6 Å². The molecule has 6 heteroatoms. The molecule has 3 rings (SSSR count). The van der Waals surface area contributed by atoms with E-state index in [4.69, 9.17) is 4.74 Å². The Bertz CT molecular complexity index is 911. The van der Waals surface area contributed by atoms with E-state index in [0.717, 1.165) is 16.9 Å². The SMILES string of the molecule is Cc1ccncc1-n1nc(C(C)(C)C)cc1NC(=O)Oc1ccccc1. The van der Waals surface area contributed by atoms with Gasteiger partial charge in [0.2, 0.25) is 0 Å². The van der Waals surface area contributed by atoms with Crippen molar-refractivity contribution in [3.63, 3.8) is 0 Å². The predicted octanol–water partition coefficient (Wildman–Crippen LogP) is 4.48. The molecule has 0 atom stereocenters. The van der Waals surface area contributed by atoms with E-state index in [1.807, 2.05) is 37.3 Å². The molecule has 1 aromatic carbocycles. The normalized spacial score (nSPS) is 11.2. The summed E-state index contributed by atoms with van der Waals surface area (Å²) in [7, 11) is 0. The van der Waals surface area contributed by atoms with Gasteiger partial charge in [-0.2, -0.15) is 5.10 Å². The maximum atomic E-state index is 12.3. The molecule has 0 saturated carbocycles. The molecule has 0 fully saturated rings. The zero-order valence-electron chi connectivity index (χ0n) is 15.4. The van der Waals surface area contributed by atoms with Crippen LogP contribution in [0.5, 0.6) is 5.75 Å². The Labute approximate surface area is 152 Å². The molecule has 2 heterocycles. The van der Waals surface area contributed by atoms with Crippen molar-refractivity contribution in [2.45, 2.75) is 33.1 Å². The summed E-state index contributed by atoms with van der Waals surface area (Å²) in [6, 6.07) is 12.7. The van der Waals surface area contributed by atoms with Crippen molar-refractivity contribution >= 4 is 11.9 Å². The van der Waals surface area contributed by atoms with Gasteiger partial charge in [0.15, 0.2) is 0 Å². The number of ether oxygens (including phenoxy) is 1. The molecular weight excluding hydrogens is 328 g/mol. The molecule has 0 aliphatic rings. The van der Waals surface area contributed by atoms with Gasteiger partial charge in [0, 0.05) is 17.7 Å². The average Bonchev–Trinajstić information content (AvgIpc) is 3.00. The highest BCUT2D eigenvalue weighted by Gasteiger charge is 2.22. The summed E-state index contributed by atoms with van der Waals surface area (Å²) < 4.78 is 7.02. The first-order valence-electron chi connectivity index (χ1n) is 8.40. The van der Waals surface area contributed by atoms with Gasteiger partial charge in [-0.3, -0.25) is 10.3 Å². The lowest BCUT2D eigenvalue weighted by atomic mass is 9.92. The van der Waals surface area contributed by atoms with Gasteiger partial charge in [-0.05, 0) is 30.7 Å². The third-order valence-corrected chi connectivity index (χ3v) is 3.90. The Morgan fingerprint density at radius 1 is 1.15 bits per heavy atom. The largest absolute Gasteiger partial charge is 0.418 e. The van der Waals surface area contributed by atoms with Crippen molar-refractivity contribution < 1.29 is 9.53 Å². The number of benzene rings is 1. The van der Waals surface area contributed by atoms with Crippen LogP contribution in [0.15, 0.2) is 54.9 Å². The highest BCUT2D eigenvalue weighted by molar-refractivity contribution is 5.85. The van der Waals surface area contributed by atoms with E-state index in [9.17, 15) is 4.79 Å². The van der Waals surface area contributed by atoms with Crippen molar-refractivity contribution in [3.8, 4) is 11.4 Å². The maximum absolute atomic E-state index is 12.3. The van der Waals surface area contributed by atoms with Crippen molar-refractivity contribution in [3.05, 3.63) is 66.1 Å². The first-order valence-corrected chi connectivity index (χ1v) is 8.40. The number of para-hydroxylation sites is 1. The minimum atomic E-state index is -0.570. The molecule has 26 heavy (non-hydrogen) atoms. The molecular formula is C20H22N4O2. The molecule has 6 nitrogen and oxygen atoms in total.